The summed E-state index contributed by atoms with van der Waals surface area (Å²) in [5, 5.41) is 14.3. The zero-order valence-electron chi connectivity index (χ0n) is 70.8. The van der Waals surface area contributed by atoms with Crippen molar-refractivity contribution < 1.29 is 74.7 Å². The Bertz CT molecular complexity index is 6060. The van der Waals surface area contributed by atoms with Crippen LogP contribution in [0.5, 0.6) is 0 Å². The molecule has 11 aromatic rings. The number of imidazole rings is 1. The van der Waals surface area contributed by atoms with Crippen LogP contribution >= 0.6 is 0 Å². The molecule has 7 aromatic heterocycles. The van der Waals surface area contributed by atoms with Crippen LogP contribution in [0.15, 0.2) is 191 Å². The number of benzene rings is 4. The van der Waals surface area contributed by atoms with E-state index in [9.17, 15) is 76.0 Å². The highest BCUT2D eigenvalue weighted by atomic mass is 19.4. The maximum absolute atomic E-state index is 13.7. The lowest BCUT2D eigenvalue weighted by atomic mass is 9.96. The number of carbonyl (C=O) groups excluding carboxylic acids is 7. The number of aromatic nitrogens is 6. The van der Waals surface area contributed by atoms with E-state index in [1.165, 1.54) is 53.4 Å². The largest absolute Gasteiger partial charge is 0.462 e. The fraction of sp³-hybridized carbons (Fsp3) is 0.360. The number of aliphatic imine (C=N–C) groups is 1. The van der Waals surface area contributed by atoms with Gasteiger partial charge in [-0.1, -0.05) is 93.6 Å². The van der Waals surface area contributed by atoms with Gasteiger partial charge in [0.1, 0.15) is 40.3 Å². The Labute approximate surface area is 718 Å². The minimum absolute atomic E-state index is 0.0425. The minimum atomic E-state index is -4.67. The molecule has 16 rings (SSSR count). The zero-order chi connectivity index (χ0) is 90.0. The van der Waals surface area contributed by atoms with Gasteiger partial charge in [-0.25, -0.2) is 19.4 Å². The highest BCUT2D eigenvalue weighted by Crippen LogP contribution is 2.38. The van der Waals surface area contributed by atoms with E-state index >= 15 is 0 Å². The number of rotatable bonds is 17. The summed E-state index contributed by atoms with van der Waals surface area (Å²) < 4.78 is 70.9. The number of nitrogens with zero attached hydrogens (tertiary/aromatic N) is 15. The molecule has 4 aromatic carbocycles. The summed E-state index contributed by atoms with van der Waals surface area (Å²) in [6, 6.07) is 34.9. The number of pyridine rings is 4. The van der Waals surface area contributed by atoms with Crippen LogP contribution < -0.4 is 41.8 Å². The molecule has 4 fully saturated rings. The Kier molecular flexibility index (Phi) is 27.3. The number of nitro groups is 1. The third kappa shape index (κ3) is 19.0. The van der Waals surface area contributed by atoms with Crippen molar-refractivity contribution in [1.29, 1.82) is 0 Å². The fourth-order valence-electron chi connectivity index (χ4n) is 16.2. The molecule has 0 spiro atoms. The number of hydrogen-bond donors (Lipinski definition) is 1. The molecule has 126 heavy (non-hydrogen) atoms. The smallest absolute Gasteiger partial charge is 0.406 e. The van der Waals surface area contributed by atoms with Crippen LogP contribution in [0.3, 0.4) is 0 Å². The second kappa shape index (κ2) is 38.6. The van der Waals surface area contributed by atoms with E-state index in [4.69, 9.17) is 23.0 Å². The van der Waals surface area contributed by atoms with Crippen molar-refractivity contribution in [3.63, 3.8) is 0 Å². The summed E-state index contributed by atoms with van der Waals surface area (Å²) in [4.78, 5) is 178. The molecule has 12 heterocycles. The normalized spacial score (nSPS) is 14.9. The van der Waals surface area contributed by atoms with Gasteiger partial charge in [0, 0.05) is 160 Å². The molecule has 660 valence electrons. The number of nitrogens with one attached hydrogen (secondary N) is 1. The van der Waals surface area contributed by atoms with Crippen molar-refractivity contribution in [2.45, 2.75) is 67.2 Å². The van der Waals surface area contributed by atoms with Crippen LogP contribution in [0.1, 0.15) is 111 Å². The summed E-state index contributed by atoms with van der Waals surface area (Å²) >= 11 is 0. The minimum Gasteiger partial charge on any atom is -0.462 e. The number of H-pyrrole nitrogens is 1. The Hall–Kier alpha value is -14.4. The van der Waals surface area contributed by atoms with E-state index in [0.29, 0.717) is 147 Å². The Morgan fingerprint density at radius 2 is 0.817 bits per heavy atom. The molecule has 5 aliphatic heterocycles. The molecule has 37 heteroatoms. The van der Waals surface area contributed by atoms with E-state index in [-0.39, 0.29) is 114 Å². The standard InChI is InChI=1S/C26H31N3O5.C23H22F3N3O5.C22H24N4O4.C18H18N6O4/c1-5-33-25(32)21-22(27-12-14-28(15-13-27)23(30)20-11-8-16-34-20)18-9-6-7-10-19(18)29(24(21)31)17-26(2,3)4;1-2-33-22(32)18-19(27-9-11-28(12-10-27)20(30)17-8-5-13-34-17)15-6-3-4-7-16(15)29(21(18)31)14-23(24,25)26;1-3-30-22(29)18-19(15-7-4-5-9-17(15)24(2)21(18)28)25-11-13-26(14-12-25)20(27)16-8-6-10-23-16;1-21-14-5-3-2-4-12(14)15(16(18(21)26)24(27)28)22-6-8-23(9-7-22)17(25)13-10-19-11-20-13/h6-11,16H,5,12-15,17H2,1-4H3;3-8,13H,2,9-12,14H2,1H3;4-5,7-10H,3,6,11-14H2,1-2H3;2-5,10-11H,6-9H2,1H3,(H,19,20). The molecule has 0 unspecified atom stereocenters. The number of fused-ring (bicyclic) bond motifs is 4. The van der Waals surface area contributed by atoms with Gasteiger partial charge < -0.3 is 80.9 Å². The molecular weight excluding hydrogens is 1640 g/mol. The van der Waals surface area contributed by atoms with Gasteiger partial charge in [0.15, 0.2) is 11.5 Å². The van der Waals surface area contributed by atoms with Crippen LogP contribution in [0.25, 0.3) is 43.6 Å². The van der Waals surface area contributed by atoms with Crippen molar-refractivity contribution in [3.05, 3.63) is 244 Å². The van der Waals surface area contributed by atoms with Gasteiger partial charge in [-0.05, 0) is 80.8 Å². The van der Waals surface area contributed by atoms with Gasteiger partial charge in [-0.15, -0.1) is 0 Å². The summed E-state index contributed by atoms with van der Waals surface area (Å²) in [7, 11) is 3.19. The maximum Gasteiger partial charge on any atom is 0.406 e. The molecule has 0 saturated carbocycles. The van der Waals surface area contributed by atoms with Crippen LogP contribution in [-0.4, -0.2) is 231 Å². The number of furan rings is 2. The topological polar surface area (TPSA) is 372 Å². The number of aromatic amines is 1. The average molecular weight is 1730 g/mol. The van der Waals surface area contributed by atoms with Gasteiger partial charge in [0.2, 0.25) is 0 Å². The number of hydrogen-bond acceptors (Lipinski definition) is 24. The lowest BCUT2D eigenvalue weighted by Crippen LogP contribution is -2.50. The van der Waals surface area contributed by atoms with E-state index in [1.54, 1.807) is 124 Å². The number of aryl methyl sites for hydroxylation is 2. The second-order valence-corrected chi connectivity index (χ2v) is 31.2. The van der Waals surface area contributed by atoms with Crippen molar-refractivity contribution >= 4 is 120 Å². The number of anilines is 4. The number of alkyl halides is 3. The molecule has 0 atom stereocenters. The van der Waals surface area contributed by atoms with Gasteiger partial charge in [-0.3, -0.25) is 58.0 Å². The van der Waals surface area contributed by atoms with Gasteiger partial charge in [0.05, 0.1) is 88.9 Å². The fourth-order valence-corrected chi connectivity index (χ4v) is 16.2. The van der Waals surface area contributed by atoms with Crippen LogP contribution in [-0.2, 0) is 46.2 Å². The lowest BCUT2D eigenvalue weighted by molar-refractivity contribution is -0.385. The van der Waals surface area contributed by atoms with Crippen molar-refractivity contribution in [2.24, 2.45) is 24.5 Å². The predicted octanol–water partition coefficient (Wildman–Crippen LogP) is 9.93. The predicted molar refractivity (Wildman–Crippen MR) is 465 cm³/mol. The molecular formula is C89H95F3N16O18. The van der Waals surface area contributed by atoms with Crippen LogP contribution in [0.2, 0.25) is 0 Å². The summed E-state index contributed by atoms with van der Waals surface area (Å²) in [5.41, 5.74) is 1.37. The quantitative estimate of drug-likeness (QED) is 0.0383. The Balaban J connectivity index is 0.000000144. The van der Waals surface area contributed by atoms with Gasteiger partial charge in [-0.2, -0.15) is 13.2 Å². The summed E-state index contributed by atoms with van der Waals surface area (Å²) in [6.45, 7) is 16.8. The molecule has 4 saturated heterocycles. The molecule has 0 bridgehead atoms. The number of halogens is 3. The van der Waals surface area contributed by atoms with E-state index in [1.807, 2.05) is 69.3 Å². The number of esters is 3. The number of piperazine rings is 4. The third-order valence-electron chi connectivity index (χ3n) is 22.0. The second-order valence-electron chi connectivity index (χ2n) is 31.2. The monoisotopic (exact) mass is 1730 g/mol. The van der Waals surface area contributed by atoms with Gasteiger partial charge in [0.25, 0.3) is 40.3 Å². The Morgan fingerprint density at radius 1 is 0.460 bits per heavy atom. The molecule has 0 aliphatic carbocycles. The van der Waals surface area contributed by atoms with E-state index in [2.05, 4.69) is 35.7 Å². The molecule has 34 nitrogen and oxygen atoms in total. The highest BCUT2D eigenvalue weighted by Gasteiger charge is 2.39. The number of allylic oxidation sites excluding steroid dienone is 1. The number of para-hydroxylation sites is 4. The van der Waals surface area contributed by atoms with Crippen LogP contribution in [0.4, 0.5) is 41.6 Å². The first kappa shape index (κ1) is 89.3. The van der Waals surface area contributed by atoms with Crippen molar-refractivity contribution in [1.82, 2.24) is 47.8 Å². The zero-order valence-corrected chi connectivity index (χ0v) is 70.8. The van der Waals surface area contributed by atoms with Gasteiger partial charge >= 0.3 is 35.3 Å². The first-order valence-electron chi connectivity index (χ1n) is 41.2. The highest BCUT2D eigenvalue weighted by molar-refractivity contribution is 6.09. The first-order valence-corrected chi connectivity index (χ1v) is 41.2. The van der Waals surface area contributed by atoms with Crippen LogP contribution in [0, 0.1) is 15.5 Å². The summed E-state index contributed by atoms with van der Waals surface area (Å²) in [5.74, 6) is -2.44. The van der Waals surface area contributed by atoms with E-state index < -0.39 is 57.9 Å². The average Bonchev–Trinajstić information content (AvgIpc) is 1.46. The maximum atomic E-state index is 13.7. The number of ether oxygens (including phenoxy) is 3. The lowest BCUT2D eigenvalue weighted by Gasteiger charge is -2.37. The molecule has 4 amide bonds. The first-order chi connectivity index (χ1) is 60.4. The van der Waals surface area contributed by atoms with Crippen molar-refractivity contribution in [3.8, 4) is 0 Å². The summed E-state index contributed by atoms with van der Waals surface area (Å²) in [6.07, 6.45) is 5.35. The number of amides is 4. The molecule has 0 radical (unpaired) electrons. The third-order valence-corrected chi connectivity index (χ3v) is 22.0. The number of carbonyl (C=O) groups is 7. The SMILES string of the molecule is CCOC(=O)c1c(N2CCN(C(=O)C3=CCC=N3)CC2)c2ccccc2n(C)c1=O.CCOC(=O)c1c(N2CCN(C(=O)c3ccco3)CC2)c2ccccc2n(CC(C)(C)C)c1=O.CCOC(=O)c1c(N2CCN(C(=O)c3ccco3)CC2)c2ccccc2n(CC(F)(F)F)c1=O.Cn1c(=O)c([N+](=O)[O-])c(N2CCN(C(=O)c3cnc[nH]3)CC2)c2ccccc21. The molecule has 5 aliphatic rings. The molecule has 1 N–H and O–H groups in total. The van der Waals surface area contributed by atoms with Crippen molar-refractivity contribution in [2.75, 3.05) is 144 Å². The van der Waals surface area contributed by atoms with E-state index in [0.717, 1.165) is 21.8 Å². The Morgan fingerprint density at radius 3 is 1.17 bits per heavy atom.